The molecule has 1 aliphatic heterocycles. The molecule has 0 bridgehead atoms. The molecular weight excluding hydrogens is 437 g/mol. The van der Waals surface area contributed by atoms with Crippen molar-refractivity contribution in [3.63, 3.8) is 0 Å². The normalized spacial score (nSPS) is 17.5. The van der Waals surface area contributed by atoms with Gasteiger partial charge in [0.2, 0.25) is 0 Å². The number of aromatic nitrogens is 2. The van der Waals surface area contributed by atoms with E-state index in [2.05, 4.69) is 4.98 Å². The summed E-state index contributed by atoms with van der Waals surface area (Å²) >= 11 is 0. The summed E-state index contributed by atoms with van der Waals surface area (Å²) in [6.45, 7) is 4.70. The van der Waals surface area contributed by atoms with Crippen LogP contribution in [0.2, 0.25) is 0 Å². The van der Waals surface area contributed by atoms with E-state index in [-0.39, 0.29) is 24.0 Å². The Hall–Kier alpha value is -3.94. The number of ether oxygens (including phenoxy) is 1. The summed E-state index contributed by atoms with van der Waals surface area (Å²) in [7, 11) is 0. The fraction of sp³-hybridized carbons (Fsp3) is 0.269. The fourth-order valence-corrected chi connectivity index (χ4v) is 4.06. The standard InChI is InChI=1S/C26H26FN3O4/c1-17(2)34-21-10-6-19(7-11-21)24(31)22-23(18-4-8-20(27)9-5-18)30(26(33)25(22)32)14-3-13-29-15-12-28-16-29/h4-12,15-17,23,31H,3,13-14H2,1-2H3/b24-22-. The lowest BCUT2D eigenvalue weighted by molar-refractivity contribution is -0.139. The molecule has 1 N–H and O–H groups in total. The average Bonchev–Trinajstić information content (AvgIpc) is 3.42. The van der Waals surface area contributed by atoms with E-state index in [9.17, 15) is 19.1 Å². The van der Waals surface area contributed by atoms with Gasteiger partial charge in [-0.2, -0.15) is 0 Å². The van der Waals surface area contributed by atoms with Gasteiger partial charge in [-0.3, -0.25) is 9.59 Å². The van der Waals surface area contributed by atoms with Gasteiger partial charge >= 0.3 is 0 Å². The van der Waals surface area contributed by atoms with Crippen LogP contribution < -0.4 is 4.74 Å². The molecular formula is C26H26FN3O4. The van der Waals surface area contributed by atoms with Gasteiger partial charge in [-0.15, -0.1) is 0 Å². The number of halogens is 1. The summed E-state index contributed by atoms with van der Waals surface area (Å²) in [5.74, 6) is -1.54. The second kappa shape index (κ2) is 9.91. The number of hydrogen-bond donors (Lipinski definition) is 1. The molecule has 0 spiro atoms. The van der Waals surface area contributed by atoms with Crippen LogP contribution in [0, 0.1) is 5.82 Å². The van der Waals surface area contributed by atoms with E-state index < -0.39 is 23.5 Å². The molecule has 1 saturated heterocycles. The Morgan fingerprint density at radius 3 is 2.41 bits per heavy atom. The van der Waals surface area contributed by atoms with E-state index in [0.29, 0.717) is 29.8 Å². The lowest BCUT2D eigenvalue weighted by atomic mass is 9.95. The number of hydrogen-bond acceptors (Lipinski definition) is 5. The quantitative estimate of drug-likeness (QED) is 0.306. The van der Waals surface area contributed by atoms with Gasteiger partial charge in [0, 0.05) is 31.0 Å². The van der Waals surface area contributed by atoms with Crippen molar-refractivity contribution >= 4 is 17.4 Å². The Labute approximate surface area is 197 Å². The van der Waals surface area contributed by atoms with Crippen molar-refractivity contribution in [1.82, 2.24) is 14.5 Å². The van der Waals surface area contributed by atoms with Crippen LogP contribution in [-0.2, 0) is 16.1 Å². The lowest BCUT2D eigenvalue weighted by Crippen LogP contribution is -2.31. The van der Waals surface area contributed by atoms with Crippen LogP contribution in [0.1, 0.15) is 37.4 Å². The van der Waals surface area contributed by atoms with Crippen LogP contribution in [0.15, 0.2) is 72.8 Å². The summed E-state index contributed by atoms with van der Waals surface area (Å²) in [6.07, 6.45) is 5.73. The van der Waals surface area contributed by atoms with Gasteiger partial charge in [0.15, 0.2) is 0 Å². The number of benzene rings is 2. The number of amides is 1. The molecule has 176 valence electrons. The second-order valence-electron chi connectivity index (χ2n) is 8.39. The van der Waals surface area contributed by atoms with Gasteiger partial charge < -0.3 is 19.3 Å². The molecule has 1 unspecified atom stereocenters. The fourth-order valence-electron chi connectivity index (χ4n) is 4.06. The molecule has 0 aliphatic carbocycles. The van der Waals surface area contributed by atoms with Crippen LogP contribution in [0.25, 0.3) is 5.76 Å². The van der Waals surface area contributed by atoms with Crippen molar-refractivity contribution in [1.29, 1.82) is 0 Å². The minimum absolute atomic E-state index is 0.00873. The van der Waals surface area contributed by atoms with Crippen molar-refractivity contribution < 1.29 is 23.8 Å². The molecule has 1 fully saturated rings. The van der Waals surface area contributed by atoms with Crippen molar-refractivity contribution in [3.05, 3.63) is 89.8 Å². The predicted molar refractivity (Wildman–Crippen MR) is 124 cm³/mol. The number of ketones is 1. The summed E-state index contributed by atoms with van der Waals surface area (Å²) < 4.78 is 21.1. The molecule has 1 aliphatic rings. The molecule has 0 radical (unpaired) electrons. The topological polar surface area (TPSA) is 84.7 Å². The first-order valence-electron chi connectivity index (χ1n) is 11.1. The number of imidazole rings is 1. The molecule has 3 aromatic rings. The third kappa shape index (κ3) is 4.85. The predicted octanol–water partition coefficient (Wildman–Crippen LogP) is 4.32. The number of carbonyl (C=O) groups is 2. The number of carbonyl (C=O) groups excluding carboxylic acids is 2. The first-order chi connectivity index (χ1) is 16.3. The Balaban J connectivity index is 1.69. The Bertz CT molecular complexity index is 1190. The van der Waals surface area contributed by atoms with E-state index in [0.717, 1.165) is 0 Å². The Kier molecular flexibility index (Phi) is 6.77. The molecule has 7 nitrogen and oxygen atoms in total. The van der Waals surface area contributed by atoms with Crippen LogP contribution in [0.5, 0.6) is 5.75 Å². The average molecular weight is 464 g/mol. The van der Waals surface area contributed by atoms with Gasteiger partial charge in [0.25, 0.3) is 11.7 Å². The molecule has 34 heavy (non-hydrogen) atoms. The van der Waals surface area contributed by atoms with Gasteiger partial charge in [-0.05, 0) is 62.2 Å². The highest BCUT2D eigenvalue weighted by Gasteiger charge is 2.45. The zero-order chi connectivity index (χ0) is 24.2. The highest BCUT2D eigenvalue weighted by molar-refractivity contribution is 6.46. The molecule has 0 saturated carbocycles. The molecule has 1 atom stereocenters. The maximum Gasteiger partial charge on any atom is 0.295 e. The molecule has 2 aromatic carbocycles. The van der Waals surface area contributed by atoms with Gasteiger partial charge in [0.1, 0.15) is 17.3 Å². The second-order valence-corrected chi connectivity index (χ2v) is 8.39. The number of likely N-dealkylation sites (tertiary alicyclic amines) is 1. The van der Waals surface area contributed by atoms with Gasteiger partial charge in [0.05, 0.1) is 24.0 Å². The largest absolute Gasteiger partial charge is 0.507 e. The molecule has 4 rings (SSSR count). The number of nitrogens with zero attached hydrogens (tertiary/aromatic N) is 3. The van der Waals surface area contributed by atoms with Crippen molar-refractivity contribution in [3.8, 4) is 5.75 Å². The van der Waals surface area contributed by atoms with Crippen molar-refractivity contribution in [2.75, 3.05) is 6.54 Å². The Morgan fingerprint density at radius 1 is 1.09 bits per heavy atom. The summed E-state index contributed by atoms with van der Waals surface area (Å²) in [5, 5.41) is 11.1. The highest BCUT2D eigenvalue weighted by Crippen LogP contribution is 2.39. The smallest absolute Gasteiger partial charge is 0.295 e. The Morgan fingerprint density at radius 2 is 1.79 bits per heavy atom. The van der Waals surface area contributed by atoms with Crippen molar-refractivity contribution in [2.24, 2.45) is 0 Å². The molecule has 1 amide bonds. The van der Waals surface area contributed by atoms with Crippen LogP contribution >= 0.6 is 0 Å². The number of Topliss-reactive ketones (excluding diaryl/α,β-unsaturated/α-hetero) is 1. The summed E-state index contributed by atoms with van der Waals surface area (Å²) in [4.78, 5) is 31.5. The minimum atomic E-state index is -0.824. The van der Waals surface area contributed by atoms with E-state index >= 15 is 0 Å². The first-order valence-corrected chi connectivity index (χ1v) is 11.1. The van der Waals surface area contributed by atoms with Crippen LogP contribution in [0.3, 0.4) is 0 Å². The lowest BCUT2D eigenvalue weighted by Gasteiger charge is -2.25. The first kappa shape index (κ1) is 23.2. The molecule has 8 heteroatoms. The molecule has 2 heterocycles. The maximum absolute atomic E-state index is 13.6. The van der Waals surface area contributed by atoms with E-state index in [1.54, 1.807) is 36.8 Å². The number of rotatable bonds is 8. The summed E-state index contributed by atoms with van der Waals surface area (Å²) in [6, 6.07) is 11.5. The number of aliphatic hydroxyl groups excluding tert-OH is 1. The van der Waals surface area contributed by atoms with E-state index in [1.807, 2.05) is 24.6 Å². The van der Waals surface area contributed by atoms with Gasteiger partial charge in [-0.1, -0.05) is 12.1 Å². The zero-order valence-electron chi connectivity index (χ0n) is 19.0. The minimum Gasteiger partial charge on any atom is -0.507 e. The highest BCUT2D eigenvalue weighted by atomic mass is 19.1. The summed E-state index contributed by atoms with van der Waals surface area (Å²) in [5.41, 5.74) is 0.918. The SMILES string of the molecule is CC(C)Oc1ccc(/C(O)=C2/C(=O)C(=O)N(CCCn3ccnc3)C2c2ccc(F)cc2)cc1. The van der Waals surface area contributed by atoms with Gasteiger partial charge in [-0.25, -0.2) is 9.37 Å². The van der Waals surface area contributed by atoms with E-state index in [1.165, 1.54) is 29.2 Å². The third-order valence-electron chi connectivity index (χ3n) is 5.60. The number of aryl methyl sites for hydroxylation is 1. The zero-order valence-corrected chi connectivity index (χ0v) is 19.0. The molecule has 1 aromatic heterocycles. The number of aliphatic hydroxyl groups is 1. The monoisotopic (exact) mass is 463 g/mol. The van der Waals surface area contributed by atoms with E-state index in [4.69, 9.17) is 4.74 Å². The van der Waals surface area contributed by atoms with Crippen molar-refractivity contribution in [2.45, 2.75) is 39.0 Å². The van der Waals surface area contributed by atoms with Crippen LogP contribution in [-0.4, -0.2) is 43.9 Å². The third-order valence-corrected chi connectivity index (χ3v) is 5.60. The van der Waals surface area contributed by atoms with Crippen LogP contribution in [0.4, 0.5) is 4.39 Å². The maximum atomic E-state index is 13.6.